The van der Waals surface area contributed by atoms with Crippen LogP contribution in [0.5, 0.6) is 0 Å². The van der Waals surface area contributed by atoms with Crippen molar-refractivity contribution in [3.8, 4) is 10.6 Å². The molecule has 0 aliphatic rings. The standard InChI is InChI=1S/C14H10ClN3O2S2/c15-12-2-1-10(5-13(12)18(19)20)16-6-11-8-22-14(17-11)9-3-4-21-7-9/h1-5,7-8,16H,6H2. The number of aromatic nitrogens is 1. The topological polar surface area (TPSA) is 68.1 Å². The SMILES string of the molecule is O=[N+]([O-])c1cc(NCc2csc(-c3ccsc3)n2)ccc1Cl. The molecule has 1 aromatic carbocycles. The predicted octanol–water partition coefficient (Wildman–Crippen LogP) is 5.05. The fraction of sp³-hybridized carbons (Fsp3) is 0.0714. The van der Waals surface area contributed by atoms with Gasteiger partial charge < -0.3 is 5.32 Å². The van der Waals surface area contributed by atoms with Gasteiger partial charge in [0.1, 0.15) is 10.0 Å². The maximum Gasteiger partial charge on any atom is 0.289 e. The molecule has 3 aromatic rings. The Bertz CT molecular complexity index is 802. The number of nitro groups is 1. The van der Waals surface area contributed by atoms with Crippen molar-refractivity contribution < 1.29 is 4.92 Å². The highest BCUT2D eigenvalue weighted by Gasteiger charge is 2.13. The van der Waals surface area contributed by atoms with Gasteiger partial charge >= 0.3 is 0 Å². The van der Waals surface area contributed by atoms with E-state index in [4.69, 9.17) is 11.6 Å². The number of rotatable bonds is 5. The fourth-order valence-corrected chi connectivity index (χ4v) is 3.58. The molecule has 112 valence electrons. The molecule has 0 aliphatic heterocycles. The highest BCUT2D eigenvalue weighted by atomic mass is 35.5. The third-order valence-electron chi connectivity index (χ3n) is 2.94. The molecule has 0 atom stereocenters. The summed E-state index contributed by atoms with van der Waals surface area (Å²) in [5.74, 6) is 0. The molecule has 0 saturated heterocycles. The number of hydrogen-bond acceptors (Lipinski definition) is 6. The van der Waals surface area contributed by atoms with Crippen molar-refractivity contribution in [2.45, 2.75) is 6.54 Å². The van der Waals surface area contributed by atoms with Crippen molar-refractivity contribution >= 4 is 45.6 Å². The number of nitrogens with one attached hydrogen (secondary N) is 1. The first-order chi connectivity index (χ1) is 10.6. The van der Waals surface area contributed by atoms with Crippen LogP contribution < -0.4 is 5.32 Å². The molecule has 22 heavy (non-hydrogen) atoms. The van der Waals surface area contributed by atoms with E-state index in [-0.39, 0.29) is 10.7 Å². The molecule has 8 heteroatoms. The Hall–Kier alpha value is -1.96. The first kappa shape index (κ1) is 15.0. The number of nitro benzene ring substituents is 1. The lowest BCUT2D eigenvalue weighted by molar-refractivity contribution is -0.384. The van der Waals surface area contributed by atoms with Crippen molar-refractivity contribution in [3.63, 3.8) is 0 Å². The van der Waals surface area contributed by atoms with E-state index in [9.17, 15) is 10.1 Å². The molecule has 0 amide bonds. The monoisotopic (exact) mass is 351 g/mol. The normalized spacial score (nSPS) is 10.6. The van der Waals surface area contributed by atoms with Crippen molar-refractivity contribution in [1.29, 1.82) is 0 Å². The molecular weight excluding hydrogens is 342 g/mol. The second-order valence-electron chi connectivity index (χ2n) is 4.43. The van der Waals surface area contributed by atoms with Gasteiger partial charge in [-0.3, -0.25) is 10.1 Å². The summed E-state index contributed by atoms with van der Waals surface area (Å²) in [6, 6.07) is 6.68. The van der Waals surface area contributed by atoms with Gasteiger partial charge in [-0.15, -0.1) is 11.3 Å². The van der Waals surface area contributed by atoms with Gasteiger partial charge in [0.2, 0.25) is 0 Å². The van der Waals surface area contributed by atoms with Crippen molar-refractivity contribution in [3.05, 3.63) is 61.2 Å². The fourth-order valence-electron chi connectivity index (χ4n) is 1.86. The Balaban J connectivity index is 1.70. The average Bonchev–Trinajstić information content (AvgIpc) is 3.17. The highest BCUT2D eigenvalue weighted by Crippen LogP contribution is 2.28. The second-order valence-corrected chi connectivity index (χ2v) is 6.48. The van der Waals surface area contributed by atoms with Crippen LogP contribution in [0, 0.1) is 10.1 Å². The largest absolute Gasteiger partial charge is 0.379 e. The quantitative estimate of drug-likeness (QED) is 0.516. The molecule has 0 radical (unpaired) electrons. The summed E-state index contributed by atoms with van der Waals surface area (Å²) in [5, 5.41) is 21.1. The van der Waals surface area contributed by atoms with Crippen LogP contribution in [0.25, 0.3) is 10.6 Å². The first-order valence-electron chi connectivity index (χ1n) is 6.28. The van der Waals surface area contributed by atoms with Gasteiger partial charge in [0.05, 0.1) is 17.2 Å². The zero-order chi connectivity index (χ0) is 15.5. The number of hydrogen-bond donors (Lipinski definition) is 1. The minimum absolute atomic E-state index is 0.107. The predicted molar refractivity (Wildman–Crippen MR) is 90.9 cm³/mol. The Morgan fingerprint density at radius 3 is 2.91 bits per heavy atom. The first-order valence-corrected chi connectivity index (χ1v) is 8.48. The molecule has 0 unspecified atom stereocenters. The van der Waals surface area contributed by atoms with Gasteiger partial charge in [0.25, 0.3) is 5.69 Å². The zero-order valence-corrected chi connectivity index (χ0v) is 13.5. The van der Waals surface area contributed by atoms with Crippen LogP contribution in [-0.2, 0) is 6.54 Å². The molecule has 1 N–H and O–H groups in total. The van der Waals surface area contributed by atoms with Gasteiger partial charge in [0.15, 0.2) is 0 Å². The summed E-state index contributed by atoms with van der Waals surface area (Å²) < 4.78 is 0. The van der Waals surface area contributed by atoms with E-state index in [0.29, 0.717) is 12.2 Å². The third kappa shape index (κ3) is 3.27. The number of benzene rings is 1. The number of anilines is 1. The summed E-state index contributed by atoms with van der Waals surface area (Å²) in [7, 11) is 0. The Kier molecular flexibility index (Phi) is 4.37. The summed E-state index contributed by atoms with van der Waals surface area (Å²) in [4.78, 5) is 14.9. The van der Waals surface area contributed by atoms with Crippen LogP contribution >= 0.6 is 34.3 Å². The van der Waals surface area contributed by atoms with Crippen LogP contribution in [0.1, 0.15) is 5.69 Å². The molecule has 3 rings (SSSR count). The summed E-state index contributed by atoms with van der Waals surface area (Å²) in [6.07, 6.45) is 0. The molecule has 0 aliphatic carbocycles. The zero-order valence-electron chi connectivity index (χ0n) is 11.2. The molecule has 0 spiro atoms. The van der Waals surface area contributed by atoms with E-state index in [2.05, 4.69) is 15.7 Å². The van der Waals surface area contributed by atoms with E-state index in [1.807, 2.05) is 16.8 Å². The van der Waals surface area contributed by atoms with Gasteiger partial charge in [-0.25, -0.2) is 4.98 Å². The average molecular weight is 352 g/mol. The van der Waals surface area contributed by atoms with Crippen LogP contribution in [0.2, 0.25) is 5.02 Å². The minimum Gasteiger partial charge on any atom is -0.379 e. The van der Waals surface area contributed by atoms with Crippen LogP contribution in [0.3, 0.4) is 0 Å². The van der Waals surface area contributed by atoms with Gasteiger partial charge in [0, 0.05) is 28.1 Å². The van der Waals surface area contributed by atoms with Gasteiger partial charge in [-0.1, -0.05) is 11.6 Å². The summed E-state index contributed by atoms with van der Waals surface area (Å²) in [5.41, 5.74) is 2.54. The van der Waals surface area contributed by atoms with E-state index in [1.165, 1.54) is 12.1 Å². The third-order valence-corrected chi connectivity index (χ3v) is 4.88. The maximum absolute atomic E-state index is 10.9. The molecule has 2 aromatic heterocycles. The van der Waals surface area contributed by atoms with Crippen LogP contribution in [0.4, 0.5) is 11.4 Å². The number of nitrogens with zero attached hydrogens (tertiary/aromatic N) is 2. The van der Waals surface area contributed by atoms with Gasteiger partial charge in [-0.05, 0) is 23.6 Å². The lowest BCUT2D eigenvalue weighted by Gasteiger charge is -2.04. The van der Waals surface area contributed by atoms with E-state index in [0.717, 1.165) is 16.3 Å². The smallest absolute Gasteiger partial charge is 0.289 e. The number of thiophene rings is 1. The molecule has 0 saturated carbocycles. The van der Waals surface area contributed by atoms with Crippen LogP contribution in [-0.4, -0.2) is 9.91 Å². The van der Waals surface area contributed by atoms with E-state index < -0.39 is 4.92 Å². The van der Waals surface area contributed by atoms with Gasteiger partial charge in [-0.2, -0.15) is 11.3 Å². The summed E-state index contributed by atoms with van der Waals surface area (Å²) in [6.45, 7) is 0.499. The molecular formula is C14H10ClN3O2S2. The molecule has 0 fully saturated rings. The summed E-state index contributed by atoms with van der Waals surface area (Å²) >= 11 is 9.00. The number of halogens is 1. The van der Waals surface area contributed by atoms with E-state index in [1.54, 1.807) is 28.7 Å². The van der Waals surface area contributed by atoms with Crippen molar-refractivity contribution in [1.82, 2.24) is 4.98 Å². The highest BCUT2D eigenvalue weighted by molar-refractivity contribution is 7.14. The van der Waals surface area contributed by atoms with Crippen LogP contribution in [0.15, 0.2) is 40.4 Å². The Labute approximate surface area is 139 Å². The van der Waals surface area contributed by atoms with Crippen molar-refractivity contribution in [2.75, 3.05) is 5.32 Å². The van der Waals surface area contributed by atoms with Crippen molar-refractivity contribution in [2.24, 2.45) is 0 Å². The Morgan fingerprint density at radius 1 is 1.32 bits per heavy atom. The molecule has 2 heterocycles. The molecule has 5 nitrogen and oxygen atoms in total. The second kappa shape index (κ2) is 6.43. The maximum atomic E-state index is 10.9. The minimum atomic E-state index is -0.495. The molecule has 0 bridgehead atoms. The lowest BCUT2D eigenvalue weighted by atomic mass is 10.2. The Morgan fingerprint density at radius 2 is 2.18 bits per heavy atom. The lowest BCUT2D eigenvalue weighted by Crippen LogP contribution is -2.00. The van der Waals surface area contributed by atoms with E-state index >= 15 is 0 Å². The number of thiazole rings is 1.